The molecule has 0 radical (unpaired) electrons. The summed E-state index contributed by atoms with van der Waals surface area (Å²) in [7, 11) is 0. The first-order chi connectivity index (χ1) is 6.66. The highest BCUT2D eigenvalue weighted by atomic mass is 79.9. The fourth-order valence-electron chi connectivity index (χ4n) is 0.968. The van der Waals surface area contributed by atoms with E-state index in [9.17, 15) is 13.7 Å². The molecule has 1 aromatic rings. The number of carbonyl (C=O) groups is 1. The van der Waals surface area contributed by atoms with E-state index in [0.29, 0.717) is 5.56 Å². The van der Waals surface area contributed by atoms with Gasteiger partial charge in [-0.25, -0.2) is 9.18 Å². The van der Waals surface area contributed by atoms with E-state index in [-0.39, 0.29) is 0 Å². The van der Waals surface area contributed by atoms with E-state index < -0.39 is 17.0 Å². The molecule has 0 spiro atoms. The molecule has 0 amide bonds. The number of carbonyl (C=O) groups excluding carboxylic acids is 1. The first kappa shape index (κ1) is 11.1. The molecule has 0 bridgehead atoms. The molecular weight excluding hydrogens is 258 g/mol. The number of hydrogen-bond acceptors (Lipinski definition) is 2. The highest BCUT2D eigenvalue weighted by Crippen LogP contribution is 2.29. The van der Waals surface area contributed by atoms with E-state index in [1.807, 2.05) is 0 Å². The van der Waals surface area contributed by atoms with Gasteiger partial charge in [-0.3, -0.25) is 4.94 Å². The summed E-state index contributed by atoms with van der Waals surface area (Å²) in [5.41, 5.74) is 0.547. The van der Waals surface area contributed by atoms with Crippen LogP contribution in [-0.4, -0.2) is 12.1 Å². The zero-order valence-corrected chi connectivity index (χ0v) is 8.58. The molecule has 0 aliphatic rings. The van der Waals surface area contributed by atoms with Crippen molar-refractivity contribution in [3.8, 4) is 0 Å². The Hall–Kier alpha value is -0.970. The van der Waals surface area contributed by atoms with Crippen molar-refractivity contribution in [3.05, 3.63) is 35.9 Å². The monoisotopic (exact) mass is 264 g/mol. The van der Waals surface area contributed by atoms with Gasteiger partial charge in [-0.1, -0.05) is 46.3 Å². The van der Waals surface area contributed by atoms with Gasteiger partial charge in [-0.2, -0.15) is 0 Å². The zero-order valence-electron chi connectivity index (χ0n) is 6.99. The van der Waals surface area contributed by atoms with Crippen molar-refractivity contribution in [2.75, 3.05) is 0 Å². The van der Waals surface area contributed by atoms with Crippen molar-refractivity contribution in [2.45, 2.75) is 11.0 Å². The summed E-state index contributed by atoms with van der Waals surface area (Å²) >= 11 is 2.95. The summed E-state index contributed by atoms with van der Waals surface area (Å²) in [4.78, 5) is 12.4. The van der Waals surface area contributed by atoms with Crippen LogP contribution >= 0.6 is 15.9 Å². The Morgan fingerprint density at radius 1 is 1.36 bits per heavy atom. The van der Waals surface area contributed by atoms with E-state index in [0.717, 1.165) is 0 Å². The maximum absolute atomic E-state index is 13.1. The molecular formula is C9H7BrF2O2. The fourth-order valence-corrected chi connectivity index (χ4v) is 1.49. The molecule has 0 aromatic heterocycles. The van der Waals surface area contributed by atoms with Gasteiger partial charge in [-0.05, 0) is 5.56 Å². The van der Waals surface area contributed by atoms with E-state index in [4.69, 9.17) is 0 Å². The van der Waals surface area contributed by atoms with Crippen LogP contribution in [0.15, 0.2) is 30.3 Å². The molecule has 0 saturated carbocycles. The van der Waals surface area contributed by atoms with Crippen molar-refractivity contribution in [1.29, 1.82) is 0 Å². The van der Waals surface area contributed by atoms with Crippen molar-refractivity contribution in [2.24, 2.45) is 0 Å². The van der Waals surface area contributed by atoms with Crippen molar-refractivity contribution in [1.82, 2.24) is 0 Å². The molecule has 0 saturated heterocycles. The smallest absolute Gasteiger partial charge is 0.251 e. The number of alkyl halides is 2. The molecule has 76 valence electrons. The van der Waals surface area contributed by atoms with Crippen LogP contribution in [0.25, 0.3) is 0 Å². The average molecular weight is 265 g/mol. The van der Waals surface area contributed by atoms with Gasteiger partial charge < -0.3 is 0 Å². The Labute approximate surface area is 87.9 Å². The van der Waals surface area contributed by atoms with Crippen LogP contribution in [-0.2, 0) is 9.74 Å². The predicted molar refractivity (Wildman–Crippen MR) is 50.2 cm³/mol. The Morgan fingerprint density at radius 3 is 2.43 bits per heavy atom. The molecule has 5 heteroatoms. The lowest BCUT2D eigenvalue weighted by Gasteiger charge is -2.11. The van der Waals surface area contributed by atoms with E-state index in [2.05, 4.69) is 20.9 Å². The van der Waals surface area contributed by atoms with Gasteiger partial charge >= 0.3 is 5.97 Å². The SMILES string of the molecule is O=C(OF)C(F)C(Br)c1ccccc1. The Kier molecular flexibility index (Phi) is 4.00. The molecule has 0 aliphatic heterocycles. The van der Waals surface area contributed by atoms with Crippen LogP contribution in [0.5, 0.6) is 0 Å². The summed E-state index contributed by atoms with van der Waals surface area (Å²) < 4.78 is 24.5. The molecule has 0 N–H and O–H groups in total. The molecule has 0 heterocycles. The summed E-state index contributed by atoms with van der Waals surface area (Å²) in [6, 6.07) is 8.38. The minimum Gasteiger partial charge on any atom is -0.251 e. The third-order valence-electron chi connectivity index (χ3n) is 1.68. The first-order valence-corrected chi connectivity index (χ1v) is 4.74. The summed E-state index contributed by atoms with van der Waals surface area (Å²) in [6.45, 7) is 0. The predicted octanol–water partition coefficient (Wildman–Crippen LogP) is 2.89. The second-order valence-electron chi connectivity index (χ2n) is 2.61. The first-order valence-electron chi connectivity index (χ1n) is 3.82. The van der Waals surface area contributed by atoms with Crippen LogP contribution in [0.3, 0.4) is 0 Å². The second kappa shape index (κ2) is 5.05. The Bertz CT molecular complexity index is 305. The standard InChI is InChI=1S/C9H7BrF2O2/c10-7(8(11)9(13)14-12)6-4-2-1-3-5-6/h1-5,7-8H. The molecule has 2 atom stereocenters. The van der Waals surface area contributed by atoms with Crippen LogP contribution in [0.1, 0.15) is 10.4 Å². The minimum absolute atomic E-state index is 0.547. The van der Waals surface area contributed by atoms with Crippen LogP contribution in [0, 0.1) is 0 Å². The quantitative estimate of drug-likeness (QED) is 0.785. The Balaban J connectivity index is 2.75. The number of benzene rings is 1. The lowest BCUT2D eigenvalue weighted by molar-refractivity contribution is -0.189. The molecule has 2 nitrogen and oxygen atoms in total. The summed E-state index contributed by atoms with van der Waals surface area (Å²) in [5.74, 6) is -1.53. The molecule has 0 fully saturated rings. The summed E-state index contributed by atoms with van der Waals surface area (Å²) in [6.07, 6.45) is -2.05. The third-order valence-corrected chi connectivity index (χ3v) is 2.67. The number of hydrogen-bond donors (Lipinski definition) is 0. The maximum atomic E-state index is 13.1. The van der Waals surface area contributed by atoms with Crippen LogP contribution in [0.2, 0.25) is 0 Å². The number of rotatable bonds is 3. The second-order valence-corrected chi connectivity index (χ2v) is 3.60. The van der Waals surface area contributed by atoms with E-state index in [1.165, 1.54) is 0 Å². The van der Waals surface area contributed by atoms with Crippen molar-refractivity contribution >= 4 is 21.9 Å². The molecule has 1 aromatic carbocycles. The largest absolute Gasteiger partial charge is 0.384 e. The lowest BCUT2D eigenvalue weighted by Crippen LogP contribution is -2.20. The van der Waals surface area contributed by atoms with Gasteiger partial charge in [0.25, 0.3) is 0 Å². The summed E-state index contributed by atoms with van der Waals surface area (Å²) in [5, 5.41) is 0. The van der Waals surface area contributed by atoms with Gasteiger partial charge in [0, 0.05) is 4.53 Å². The minimum atomic E-state index is -2.05. The zero-order chi connectivity index (χ0) is 10.6. The topological polar surface area (TPSA) is 26.3 Å². The van der Waals surface area contributed by atoms with Crippen LogP contribution < -0.4 is 0 Å². The van der Waals surface area contributed by atoms with Gasteiger partial charge in [0.15, 0.2) is 0 Å². The average Bonchev–Trinajstić information content (AvgIpc) is 2.27. The molecule has 1 rings (SSSR count). The van der Waals surface area contributed by atoms with Gasteiger partial charge in [0.1, 0.15) is 0 Å². The van der Waals surface area contributed by atoms with E-state index >= 15 is 0 Å². The normalized spacial score (nSPS) is 14.5. The highest BCUT2D eigenvalue weighted by Gasteiger charge is 2.29. The fraction of sp³-hybridized carbons (Fsp3) is 0.222. The number of halogens is 3. The van der Waals surface area contributed by atoms with E-state index in [1.54, 1.807) is 30.3 Å². The van der Waals surface area contributed by atoms with Gasteiger partial charge in [-0.15, -0.1) is 0 Å². The maximum Gasteiger partial charge on any atom is 0.384 e. The molecule has 0 aliphatic carbocycles. The highest BCUT2D eigenvalue weighted by molar-refractivity contribution is 9.09. The van der Waals surface area contributed by atoms with Gasteiger partial charge in [0.05, 0.1) is 4.83 Å². The van der Waals surface area contributed by atoms with Crippen molar-refractivity contribution < 1.29 is 18.7 Å². The van der Waals surface area contributed by atoms with Crippen molar-refractivity contribution in [3.63, 3.8) is 0 Å². The van der Waals surface area contributed by atoms with Crippen LogP contribution in [0.4, 0.5) is 8.92 Å². The lowest BCUT2D eigenvalue weighted by atomic mass is 10.1. The third kappa shape index (κ3) is 2.51. The molecule has 14 heavy (non-hydrogen) atoms. The van der Waals surface area contributed by atoms with Gasteiger partial charge in [0.2, 0.25) is 6.17 Å². The molecule has 2 unspecified atom stereocenters. The Morgan fingerprint density at radius 2 is 1.93 bits per heavy atom.